The summed E-state index contributed by atoms with van der Waals surface area (Å²) in [5.41, 5.74) is 3.95. The van der Waals surface area contributed by atoms with Gasteiger partial charge in [0.05, 0.1) is 12.1 Å². The molecule has 5 heteroatoms. The largest absolute Gasteiger partial charge is 0.489 e. The molecule has 3 rings (SSSR count). The van der Waals surface area contributed by atoms with Crippen molar-refractivity contribution in [1.29, 1.82) is 0 Å². The van der Waals surface area contributed by atoms with E-state index < -0.39 is 5.97 Å². The summed E-state index contributed by atoms with van der Waals surface area (Å²) in [5.74, 6) is 0.506. The summed E-state index contributed by atoms with van der Waals surface area (Å²) in [7, 11) is 0. The summed E-state index contributed by atoms with van der Waals surface area (Å²) >= 11 is 1.46. The predicted octanol–water partition coefficient (Wildman–Crippen LogP) is 5.14. The van der Waals surface area contributed by atoms with E-state index in [0.29, 0.717) is 18.2 Å². The maximum Gasteiger partial charge on any atom is 0.309 e. The molecule has 1 N–H and O–H groups in total. The molecule has 0 bridgehead atoms. The Balaban J connectivity index is 1.60. The minimum absolute atomic E-state index is 0.0436. The van der Waals surface area contributed by atoms with Crippen LogP contribution >= 0.6 is 11.3 Å². The number of hydrogen-bond donors (Lipinski definition) is 1. The quantitative estimate of drug-likeness (QED) is 0.628. The van der Waals surface area contributed by atoms with Crippen molar-refractivity contribution in [2.24, 2.45) is 0 Å². The minimum atomic E-state index is -0.865. The molecule has 4 nitrogen and oxygen atoms in total. The maximum atomic E-state index is 10.8. The summed E-state index contributed by atoms with van der Waals surface area (Å²) in [6.07, 6.45) is -0.0436. The summed E-state index contributed by atoms with van der Waals surface area (Å²) in [6.45, 7) is 4.85. The molecule has 0 amide bonds. The molecule has 0 atom stereocenters. The van der Waals surface area contributed by atoms with Crippen molar-refractivity contribution in [2.75, 3.05) is 0 Å². The van der Waals surface area contributed by atoms with E-state index in [1.54, 1.807) is 5.38 Å². The normalized spacial score (nSPS) is 10.9. The van der Waals surface area contributed by atoms with E-state index in [1.807, 2.05) is 36.4 Å². The summed E-state index contributed by atoms with van der Waals surface area (Å²) in [6, 6.07) is 16.2. The highest BCUT2D eigenvalue weighted by Crippen LogP contribution is 2.25. The lowest BCUT2D eigenvalue weighted by atomic mass is 10.0. The van der Waals surface area contributed by atoms with E-state index in [1.165, 1.54) is 16.9 Å². The topological polar surface area (TPSA) is 59.4 Å². The molecule has 0 saturated heterocycles. The zero-order valence-electron chi connectivity index (χ0n) is 14.8. The van der Waals surface area contributed by atoms with Crippen LogP contribution in [0.3, 0.4) is 0 Å². The van der Waals surface area contributed by atoms with Crippen molar-refractivity contribution in [3.63, 3.8) is 0 Å². The number of carboxylic acids is 1. The number of aliphatic carboxylic acids is 1. The Hall–Kier alpha value is -2.66. The van der Waals surface area contributed by atoms with E-state index >= 15 is 0 Å². The third kappa shape index (κ3) is 4.70. The SMILES string of the molecule is CC(C)c1ccc(OCc2ccc(-c3nc(CC(=O)O)cs3)cc2)cc1. The monoisotopic (exact) mass is 367 g/mol. The van der Waals surface area contributed by atoms with Crippen molar-refractivity contribution >= 4 is 17.3 Å². The number of nitrogens with zero attached hydrogens (tertiary/aromatic N) is 1. The average molecular weight is 367 g/mol. The molecule has 0 aliphatic heterocycles. The van der Waals surface area contributed by atoms with Gasteiger partial charge in [0, 0.05) is 10.9 Å². The lowest BCUT2D eigenvalue weighted by Crippen LogP contribution is -1.99. The molecule has 0 fully saturated rings. The molecule has 134 valence electrons. The number of carbonyl (C=O) groups is 1. The second-order valence-electron chi connectivity index (χ2n) is 6.42. The van der Waals surface area contributed by atoms with Crippen LogP contribution in [0.5, 0.6) is 5.75 Å². The minimum Gasteiger partial charge on any atom is -0.489 e. The van der Waals surface area contributed by atoms with Crippen LogP contribution in [0.4, 0.5) is 0 Å². The molecule has 0 spiro atoms. The Bertz CT molecular complexity index is 867. The maximum absolute atomic E-state index is 10.8. The summed E-state index contributed by atoms with van der Waals surface area (Å²) < 4.78 is 5.84. The van der Waals surface area contributed by atoms with Crippen LogP contribution < -0.4 is 4.74 Å². The second-order valence-corrected chi connectivity index (χ2v) is 7.28. The fraction of sp³-hybridized carbons (Fsp3) is 0.238. The molecule has 1 aromatic heterocycles. The lowest BCUT2D eigenvalue weighted by Gasteiger charge is -2.09. The molecular formula is C21H21NO3S. The van der Waals surface area contributed by atoms with Gasteiger partial charge in [-0.3, -0.25) is 4.79 Å². The van der Waals surface area contributed by atoms with E-state index in [0.717, 1.165) is 21.9 Å². The Labute approximate surface area is 157 Å². The van der Waals surface area contributed by atoms with Crippen LogP contribution in [0.25, 0.3) is 10.6 Å². The number of benzene rings is 2. The zero-order chi connectivity index (χ0) is 18.5. The van der Waals surface area contributed by atoms with Crippen molar-refractivity contribution < 1.29 is 14.6 Å². The van der Waals surface area contributed by atoms with Crippen LogP contribution in [0.2, 0.25) is 0 Å². The average Bonchev–Trinajstić information content (AvgIpc) is 3.08. The molecular weight excluding hydrogens is 346 g/mol. The molecule has 3 aromatic rings. The fourth-order valence-electron chi connectivity index (χ4n) is 2.53. The standard InChI is InChI=1S/C21H21NO3S/c1-14(2)16-7-9-19(10-8-16)25-12-15-3-5-17(6-4-15)21-22-18(13-26-21)11-20(23)24/h3-10,13-14H,11-12H2,1-2H3,(H,23,24). The molecule has 0 aliphatic carbocycles. The van der Waals surface area contributed by atoms with E-state index in [9.17, 15) is 4.79 Å². The van der Waals surface area contributed by atoms with Gasteiger partial charge < -0.3 is 9.84 Å². The molecule has 1 heterocycles. The van der Waals surface area contributed by atoms with Crippen molar-refractivity contribution in [3.8, 4) is 16.3 Å². The molecule has 2 aromatic carbocycles. The fourth-order valence-corrected chi connectivity index (χ4v) is 3.36. The van der Waals surface area contributed by atoms with E-state index in [2.05, 4.69) is 31.0 Å². The van der Waals surface area contributed by atoms with Crippen LogP contribution in [-0.4, -0.2) is 16.1 Å². The van der Waals surface area contributed by atoms with E-state index in [-0.39, 0.29) is 6.42 Å². The van der Waals surface area contributed by atoms with Crippen LogP contribution in [0.1, 0.15) is 36.6 Å². The first-order valence-corrected chi connectivity index (χ1v) is 9.37. The molecule has 0 aliphatic rings. The van der Waals surface area contributed by atoms with Crippen molar-refractivity contribution in [2.45, 2.75) is 32.8 Å². The van der Waals surface area contributed by atoms with Gasteiger partial charge in [-0.15, -0.1) is 11.3 Å². The first-order valence-electron chi connectivity index (χ1n) is 8.49. The Kier molecular flexibility index (Phi) is 5.68. The number of aromatic nitrogens is 1. The smallest absolute Gasteiger partial charge is 0.309 e. The highest BCUT2D eigenvalue weighted by atomic mass is 32.1. The van der Waals surface area contributed by atoms with Gasteiger partial charge in [-0.2, -0.15) is 0 Å². The zero-order valence-corrected chi connectivity index (χ0v) is 15.6. The summed E-state index contributed by atoms with van der Waals surface area (Å²) in [4.78, 5) is 15.1. The Morgan fingerprint density at radius 2 is 1.81 bits per heavy atom. The molecule has 0 unspecified atom stereocenters. The number of thiazole rings is 1. The Morgan fingerprint density at radius 1 is 1.12 bits per heavy atom. The van der Waals surface area contributed by atoms with Gasteiger partial charge in [-0.25, -0.2) is 4.98 Å². The van der Waals surface area contributed by atoms with Crippen LogP contribution in [0, 0.1) is 0 Å². The highest BCUT2D eigenvalue weighted by Gasteiger charge is 2.08. The predicted molar refractivity (Wildman–Crippen MR) is 104 cm³/mol. The van der Waals surface area contributed by atoms with Gasteiger partial charge in [0.25, 0.3) is 0 Å². The lowest BCUT2D eigenvalue weighted by molar-refractivity contribution is -0.136. The van der Waals surface area contributed by atoms with Gasteiger partial charge in [0.2, 0.25) is 0 Å². The third-order valence-electron chi connectivity index (χ3n) is 4.04. The number of rotatable bonds is 7. The van der Waals surface area contributed by atoms with Gasteiger partial charge in [-0.05, 0) is 29.2 Å². The summed E-state index contributed by atoms with van der Waals surface area (Å²) in [5, 5.41) is 11.5. The van der Waals surface area contributed by atoms with Gasteiger partial charge in [-0.1, -0.05) is 50.2 Å². The van der Waals surface area contributed by atoms with Gasteiger partial charge in [0.15, 0.2) is 0 Å². The Morgan fingerprint density at radius 3 is 2.42 bits per heavy atom. The third-order valence-corrected chi connectivity index (χ3v) is 4.98. The number of ether oxygens (including phenoxy) is 1. The molecule has 0 saturated carbocycles. The second kappa shape index (κ2) is 8.15. The van der Waals surface area contributed by atoms with E-state index in [4.69, 9.17) is 9.84 Å². The van der Waals surface area contributed by atoms with Crippen molar-refractivity contribution in [3.05, 3.63) is 70.7 Å². The number of hydrogen-bond acceptors (Lipinski definition) is 4. The van der Waals surface area contributed by atoms with Crippen LogP contribution in [-0.2, 0) is 17.8 Å². The first kappa shape index (κ1) is 18.1. The van der Waals surface area contributed by atoms with Gasteiger partial charge >= 0.3 is 5.97 Å². The highest BCUT2D eigenvalue weighted by molar-refractivity contribution is 7.13. The van der Waals surface area contributed by atoms with Crippen molar-refractivity contribution in [1.82, 2.24) is 4.98 Å². The first-order chi connectivity index (χ1) is 12.5. The van der Waals surface area contributed by atoms with Gasteiger partial charge in [0.1, 0.15) is 17.4 Å². The number of carboxylic acid groups (broad SMARTS) is 1. The van der Waals surface area contributed by atoms with Crippen LogP contribution in [0.15, 0.2) is 53.9 Å². The molecule has 0 radical (unpaired) electrons. The molecule has 26 heavy (non-hydrogen) atoms.